The average Bonchev–Trinajstić information content (AvgIpc) is 2.27. The van der Waals surface area contributed by atoms with Crippen molar-refractivity contribution in [2.45, 2.75) is 12.2 Å². The summed E-state index contributed by atoms with van der Waals surface area (Å²) < 4.78 is 4.18. The van der Waals surface area contributed by atoms with Crippen molar-refractivity contribution in [1.29, 1.82) is 0 Å². The Labute approximate surface area is 96.4 Å². The minimum atomic E-state index is -2.78. The van der Waals surface area contributed by atoms with Gasteiger partial charge in [0.2, 0.25) is 0 Å². The van der Waals surface area contributed by atoms with Gasteiger partial charge in [-0.3, -0.25) is 10.1 Å². The molecule has 0 aliphatic rings. The Morgan fingerprint density at radius 1 is 1.47 bits per heavy atom. The number of nitrogens with zero attached hydrogens (tertiary/aromatic N) is 1. The zero-order chi connectivity index (χ0) is 13.1. The summed E-state index contributed by atoms with van der Waals surface area (Å²) in [5.74, 6) is -4.04. The first-order valence-electron chi connectivity index (χ1n) is 4.64. The Morgan fingerprint density at radius 3 is 2.59 bits per heavy atom. The fourth-order valence-electron chi connectivity index (χ4n) is 1.34. The number of para-hydroxylation sites is 1. The topological polar surface area (TPSA) is 110 Å². The molecule has 0 aliphatic heterocycles. The molecule has 1 aromatic carbocycles. The van der Waals surface area contributed by atoms with E-state index in [4.69, 9.17) is 0 Å². The molecule has 0 saturated carbocycles. The van der Waals surface area contributed by atoms with Gasteiger partial charge in [0.15, 0.2) is 0 Å². The van der Waals surface area contributed by atoms with Crippen LogP contribution in [0.25, 0.3) is 0 Å². The lowest BCUT2D eigenvalue weighted by Gasteiger charge is -2.18. The van der Waals surface area contributed by atoms with Gasteiger partial charge < -0.3 is 14.9 Å². The van der Waals surface area contributed by atoms with Gasteiger partial charge in [-0.1, -0.05) is 18.2 Å². The van der Waals surface area contributed by atoms with E-state index in [0.717, 1.165) is 7.11 Å². The van der Waals surface area contributed by atoms with E-state index in [2.05, 4.69) is 4.74 Å². The first-order valence-corrected chi connectivity index (χ1v) is 4.64. The minimum Gasteiger partial charge on any atom is -0.465 e. The zero-order valence-electron chi connectivity index (χ0n) is 8.99. The van der Waals surface area contributed by atoms with E-state index in [-0.39, 0.29) is 11.3 Å². The monoisotopic (exact) mass is 241 g/mol. The molecular formula is C10H11NO6. The number of nitro groups is 1. The Balaban J connectivity index is 3.03. The Morgan fingerprint density at radius 2 is 2.06 bits per heavy atom. The molecule has 1 rings (SSSR count). The zero-order valence-corrected chi connectivity index (χ0v) is 8.99. The summed E-state index contributed by atoms with van der Waals surface area (Å²) in [4.78, 5) is 21.0. The van der Waals surface area contributed by atoms with Crippen LogP contribution in [0.1, 0.15) is 5.56 Å². The molecule has 92 valence electrons. The van der Waals surface area contributed by atoms with Gasteiger partial charge in [0, 0.05) is 18.1 Å². The summed E-state index contributed by atoms with van der Waals surface area (Å²) in [5, 5.41) is 29.5. The van der Waals surface area contributed by atoms with Gasteiger partial charge in [0.25, 0.3) is 11.5 Å². The van der Waals surface area contributed by atoms with Crippen LogP contribution < -0.4 is 0 Å². The minimum absolute atomic E-state index is 0.0351. The molecule has 7 heteroatoms. The van der Waals surface area contributed by atoms with Gasteiger partial charge in [-0.15, -0.1) is 0 Å². The average molecular weight is 241 g/mol. The summed E-state index contributed by atoms with van der Waals surface area (Å²) >= 11 is 0. The number of hydrogen-bond donors (Lipinski definition) is 2. The molecule has 17 heavy (non-hydrogen) atoms. The van der Waals surface area contributed by atoms with Crippen LogP contribution in [-0.2, 0) is 16.0 Å². The van der Waals surface area contributed by atoms with Gasteiger partial charge in [0.05, 0.1) is 12.0 Å². The summed E-state index contributed by atoms with van der Waals surface area (Å²) in [6.45, 7) is 0. The van der Waals surface area contributed by atoms with Crippen LogP contribution in [0.15, 0.2) is 24.3 Å². The third kappa shape index (κ3) is 2.99. The van der Waals surface area contributed by atoms with Crippen LogP contribution in [0.3, 0.4) is 0 Å². The fourth-order valence-corrected chi connectivity index (χ4v) is 1.34. The van der Waals surface area contributed by atoms with E-state index in [9.17, 15) is 25.1 Å². The number of rotatable bonds is 4. The van der Waals surface area contributed by atoms with Crippen LogP contribution in [0.4, 0.5) is 5.69 Å². The molecule has 0 saturated heterocycles. The summed E-state index contributed by atoms with van der Waals surface area (Å²) in [7, 11) is 0.989. The van der Waals surface area contributed by atoms with Crippen LogP contribution in [0.5, 0.6) is 0 Å². The largest absolute Gasteiger partial charge is 0.465 e. The Bertz CT molecular complexity index is 442. The molecule has 0 heterocycles. The van der Waals surface area contributed by atoms with Crippen LogP contribution >= 0.6 is 0 Å². The van der Waals surface area contributed by atoms with Crippen molar-refractivity contribution in [1.82, 2.24) is 0 Å². The van der Waals surface area contributed by atoms with Gasteiger partial charge in [0.1, 0.15) is 0 Å². The number of carbonyl (C=O) groups is 1. The van der Waals surface area contributed by atoms with Gasteiger partial charge in [-0.2, -0.15) is 0 Å². The number of hydrogen-bond acceptors (Lipinski definition) is 6. The number of aliphatic hydroxyl groups is 2. The van der Waals surface area contributed by atoms with Crippen molar-refractivity contribution >= 4 is 11.7 Å². The van der Waals surface area contributed by atoms with Crippen molar-refractivity contribution in [2.24, 2.45) is 0 Å². The number of methoxy groups -OCH3 is 1. The second-order valence-electron chi connectivity index (χ2n) is 3.37. The van der Waals surface area contributed by atoms with Crippen LogP contribution in [-0.4, -0.2) is 34.0 Å². The normalized spacial score (nSPS) is 11.0. The van der Waals surface area contributed by atoms with E-state index in [0.29, 0.717) is 0 Å². The molecule has 0 radical (unpaired) electrons. The summed E-state index contributed by atoms with van der Waals surface area (Å²) in [6, 6.07) is 5.48. The maximum absolute atomic E-state index is 11.0. The molecule has 2 N–H and O–H groups in total. The molecule has 0 unspecified atom stereocenters. The highest BCUT2D eigenvalue weighted by Crippen LogP contribution is 2.22. The molecule has 7 nitrogen and oxygen atoms in total. The standard InChI is InChI=1S/C10H11NO6/c1-17-9(12)10(13,14)6-7-4-2-3-5-8(7)11(15)16/h2-5,13-14H,6H2,1H3. The third-order valence-corrected chi connectivity index (χ3v) is 2.14. The van der Waals surface area contributed by atoms with Crippen molar-refractivity contribution < 1.29 is 24.7 Å². The number of nitro benzene ring substituents is 1. The number of esters is 1. The molecule has 0 fully saturated rings. The predicted octanol–water partition coefficient (Wildman–Crippen LogP) is -0.00880. The summed E-state index contributed by atoms with van der Waals surface area (Å²) in [5.41, 5.74) is -0.253. The van der Waals surface area contributed by atoms with E-state index in [1.54, 1.807) is 0 Å². The quantitative estimate of drug-likeness (QED) is 0.332. The second kappa shape index (κ2) is 4.89. The molecule has 0 amide bonds. The van der Waals surface area contributed by atoms with E-state index < -0.39 is 23.1 Å². The Kier molecular flexibility index (Phi) is 3.77. The Hall–Kier alpha value is -1.99. The SMILES string of the molecule is COC(=O)C(O)(O)Cc1ccccc1[N+](=O)[O-]. The molecular weight excluding hydrogens is 230 g/mol. The van der Waals surface area contributed by atoms with E-state index in [1.165, 1.54) is 24.3 Å². The van der Waals surface area contributed by atoms with Gasteiger partial charge in [-0.05, 0) is 0 Å². The number of ether oxygens (including phenoxy) is 1. The molecule has 0 bridgehead atoms. The lowest BCUT2D eigenvalue weighted by Crippen LogP contribution is -2.41. The number of benzene rings is 1. The predicted molar refractivity (Wildman–Crippen MR) is 56.0 cm³/mol. The van der Waals surface area contributed by atoms with Crippen molar-refractivity contribution in [2.75, 3.05) is 7.11 Å². The molecule has 0 spiro atoms. The second-order valence-corrected chi connectivity index (χ2v) is 3.37. The highest BCUT2D eigenvalue weighted by molar-refractivity contribution is 5.77. The molecule has 1 aromatic rings. The van der Waals surface area contributed by atoms with Crippen LogP contribution in [0.2, 0.25) is 0 Å². The third-order valence-electron chi connectivity index (χ3n) is 2.14. The maximum atomic E-state index is 11.0. The van der Waals surface area contributed by atoms with Crippen molar-refractivity contribution in [3.05, 3.63) is 39.9 Å². The van der Waals surface area contributed by atoms with Gasteiger partial charge in [-0.25, -0.2) is 4.79 Å². The molecule has 0 atom stereocenters. The van der Waals surface area contributed by atoms with E-state index >= 15 is 0 Å². The highest BCUT2D eigenvalue weighted by atomic mass is 16.6. The lowest BCUT2D eigenvalue weighted by molar-refractivity contribution is -0.385. The van der Waals surface area contributed by atoms with Crippen LogP contribution in [0, 0.1) is 10.1 Å². The lowest BCUT2D eigenvalue weighted by atomic mass is 10.0. The first-order chi connectivity index (χ1) is 7.88. The summed E-state index contributed by atoms with van der Waals surface area (Å²) in [6.07, 6.45) is -0.614. The molecule has 0 aromatic heterocycles. The number of carbonyl (C=O) groups excluding carboxylic acids is 1. The fraction of sp³-hybridized carbons (Fsp3) is 0.300. The maximum Gasteiger partial charge on any atom is 0.366 e. The van der Waals surface area contributed by atoms with E-state index in [1.807, 2.05) is 0 Å². The smallest absolute Gasteiger partial charge is 0.366 e. The van der Waals surface area contributed by atoms with Crippen molar-refractivity contribution in [3.8, 4) is 0 Å². The molecule has 0 aliphatic carbocycles. The first kappa shape index (κ1) is 13.1. The van der Waals surface area contributed by atoms with Crippen molar-refractivity contribution in [3.63, 3.8) is 0 Å². The highest BCUT2D eigenvalue weighted by Gasteiger charge is 2.36. The van der Waals surface area contributed by atoms with Gasteiger partial charge >= 0.3 is 5.97 Å².